The van der Waals surface area contributed by atoms with Crippen molar-refractivity contribution in [3.63, 3.8) is 0 Å². The monoisotopic (exact) mass is 474 g/mol. The van der Waals surface area contributed by atoms with E-state index in [0.717, 1.165) is 38.2 Å². The van der Waals surface area contributed by atoms with Gasteiger partial charge in [0.2, 0.25) is 0 Å². The molecule has 2 N–H and O–H groups in total. The van der Waals surface area contributed by atoms with Crippen LogP contribution in [0.4, 0.5) is 0 Å². The van der Waals surface area contributed by atoms with Crippen molar-refractivity contribution in [2.75, 3.05) is 42.0 Å². The van der Waals surface area contributed by atoms with Gasteiger partial charge in [-0.2, -0.15) is 5.26 Å². The number of methoxy groups -OCH3 is 3. The second-order valence-corrected chi connectivity index (χ2v) is 7.48. The van der Waals surface area contributed by atoms with E-state index in [-0.39, 0.29) is 18.7 Å². The zero-order valence-electron chi connectivity index (χ0n) is 20.5. The van der Waals surface area contributed by atoms with Gasteiger partial charge in [-0.3, -0.25) is 0 Å². The fourth-order valence-corrected chi connectivity index (χ4v) is 2.33. The summed E-state index contributed by atoms with van der Waals surface area (Å²) >= 11 is 0. The predicted octanol–water partition coefficient (Wildman–Crippen LogP) is 3.63. The highest BCUT2D eigenvalue weighted by atomic mass is 35.5. The molecule has 32 heavy (non-hydrogen) atoms. The van der Waals surface area contributed by atoms with Crippen molar-refractivity contribution in [3.8, 4) is 6.07 Å². The summed E-state index contributed by atoms with van der Waals surface area (Å²) in [4.78, 5) is 4.24. The molecule has 0 amide bonds. The van der Waals surface area contributed by atoms with Crippen LogP contribution in [-0.4, -0.2) is 63.0 Å². The van der Waals surface area contributed by atoms with Gasteiger partial charge in [-0.15, -0.1) is 12.4 Å². The molecule has 0 spiro atoms. The Bertz CT molecular complexity index is 620. The molecule has 8 nitrogen and oxygen atoms in total. The van der Waals surface area contributed by atoms with Crippen molar-refractivity contribution in [2.24, 2.45) is 18.9 Å². The van der Waals surface area contributed by atoms with Gasteiger partial charge < -0.3 is 29.2 Å². The molecule has 186 valence electrons. The standard InChI is InChI=1S/C7H10N2.C6H10O.C5H13NO2.C4H5N.CH4O.ClH/c1-9-5-4-8-7(9)6-2-3-6;1-5(7-2)6-3-4-6;1-6-4-5(7-2)8-3;5-3-4-1-2-4;1-2;/h4-6H,2-3H2,1H3;6H,1,3-4H2,2H3;5-6H,4H2,1-3H3;4H,1-2H2;2H,1H3;1H. The van der Waals surface area contributed by atoms with Gasteiger partial charge in [0, 0.05) is 65.1 Å². The molecule has 1 aromatic rings. The number of nitrogens with one attached hydrogen (secondary N) is 1. The van der Waals surface area contributed by atoms with Gasteiger partial charge in [0.25, 0.3) is 0 Å². The van der Waals surface area contributed by atoms with Crippen molar-refractivity contribution in [2.45, 2.75) is 50.7 Å². The summed E-state index contributed by atoms with van der Waals surface area (Å²) in [6.45, 7) is 4.44. The number of aromatic nitrogens is 2. The van der Waals surface area contributed by atoms with Crippen LogP contribution in [0.3, 0.4) is 0 Å². The maximum atomic E-state index is 7.96. The van der Waals surface area contributed by atoms with E-state index in [1.54, 1.807) is 21.3 Å². The Hall–Kier alpha value is -1.63. The number of ether oxygens (including phenoxy) is 3. The van der Waals surface area contributed by atoms with Crippen LogP contribution in [0.2, 0.25) is 0 Å². The molecule has 9 heteroatoms. The minimum absolute atomic E-state index is 0. The molecule has 4 rings (SSSR count). The van der Waals surface area contributed by atoms with Gasteiger partial charge in [-0.25, -0.2) is 4.98 Å². The molecule has 0 aliphatic heterocycles. The zero-order valence-corrected chi connectivity index (χ0v) is 21.4. The fraction of sp³-hybridized carbons (Fsp3) is 0.739. The van der Waals surface area contributed by atoms with Gasteiger partial charge in [0.05, 0.1) is 18.9 Å². The molecule has 0 atom stereocenters. The predicted molar refractivity (Wildman–Crippen MR) is 130 cm³/mol. The lowest BCUT2D eigenvalue weighted by Gasteiger charge is -2.11. The van der Waals surface area contributed by atoms with E-state index in [9.17, 15) is 0 Å². The van der Waals surface area contributed by atoms with Crippen molar-refractivity contribution in [3.05, 3.63) is 30.6 Å². The van der Waals surface area contributed by atoms with Gasteiger partial charge >= 0.3 is 0 Å². The number of nitriles is 1. The fourth-order valence-electron chi connectivity index (χ4n) is 2.33. The third-order valence-corrected chi connectivity index (χ3v) is 4.75. The number of hydrogen-bond acceptors (Lipinski definition) is 7. The Morgan fingerprint density at radius 2 is 1.78 bits per heavy atom. The smallest absolute Gasteiger partial charge is 0.169 e. The van der Waals surface area contributed by atoms with Crippen molar-refractivity contribution < 1.29 is 19.3 Å². The summed E-state index contributed by atoms with van der Waals surface area (Å²) in [5, 5.41) is 17.9. The Kier molecular flexibility index (Phi) is 20.4. The van der Waals surface area contributed by atoms with E-state index in [1.165, 1.54) is 31.5 Å². The molecule has 3 aliphatic rings. The molecular formula is C23H43ClN4O4. The average molecular weight is 475 g/mol. The summed E-state index contributed by atoms with van der Waals surface area (Å²) < 4.78 is 16.7. The van der Waals surface area contributed by atoms with E-state index in [0.29, 0.717) is 11.8 Å². The van der Waals surface area contributed by atoms with Crippen LogP contribution in [0.25, 0.3) is 0 Å². The van der Waals surface area contributed by atoms with Crippen LogP contribution in [0.1, 0.15) is 50.3 Å². The van der Waals surface area contributed by atoms with E-state index in [4.69, 9.17) is 24.6 Å². The number of aliphatic hydroxyl groups excluding tert-OH is 1. The zero-order chi connectivity index (χ0) is 23.6. The topological polar surface area (TPSA) is 102 Å². The van der Waals surface area contributed by atoms with Crippen LogP contribution in [0.5, 0.6) is 0 Å². The number of imidazole rings is 1. The number of allylic oxidation sites excluding steroid dienone is 1. The van der Waals surface area contributed by atoms with Crippen LogP contribution in [0, 0.1) is 23.2 Å². The number of rotatable bonds is 7. The maximum absolute atomic E-state index is 7.96. The lowest BCUT2D eigenvalue weighted by Crippen LogP contribution is -2.26. The molecule has 3 saturated carbocycles. The lowest BCUT2D eigenvalue weighted by atomic mass is 10.4. The summed E-state index contributed by atoms with van der Waals surface area (Å²) in [6.07, 6.45) is 11.3. The SMILES string of the molecule is C=C(OC)C1CC1.CNCC(OC)OC.CO.Cl.Cn1ccnc1C1CC1.N#CC1CC1. The third kappa shape index (κ3) is 16.1. The maximum Gasteiger partial charge on any atom is 0.169 e. The molecule has 0 bridgehead atoms. The molecule has 3 fully saturated rings. The highest BCUT2D eigenvalue weighted by Gasteiger charge is 2.26. The summed E-state index contributed by atoms with van der Waals surface area (Å²) in [5.74, 6) is 4.14. The van der Waals surface area contributed by atoms with Crippen LogP contribution in [0.15, 0.2) is 24.7 Å². The van der Waals surface area contributed by atoms with E-state index >= 15 is 0 Å². The minimum atomic E-state index is -0.111. The molecule has 0 radical (unpaired) electrons. The second-order valence-electron chi connectivity index (χ2n) is 7.48. The number of hydrogen-bond donors (Lipinski definition) is 2. The van der Waals surface area contributed by atoms with Crippen LogP contribution < -0.4 is 5.32 Å². The Labute approximate surface area is 200 Å². The largest absolute Gasteiger partial charge is 0.501 e. The first-order chi connectivity index (χ1) is 15.0. The first kappa shape index (κ1) is 32.5. The number of aryl methyl sites for hydroxylation is 1. The number of aliphatic hydroxyl groups is 1. The molecule has 1 heterocycles. The number of likely N-dealkylation sites (N-methyl/N-ethyl adjacent to an activating group) is 1. The number of nitrogens with zero attached hydrogens (tertiary/aromatic N) is 3. The molecule has 1 aromatic heterocycles. The summed E-state index contributed by atoms with van der Waals surface area (Å²) in [7, 11) is 9.82. The quantitative estimate of drug-likeness (QED) is 0.459. The van der Waals surface area contributed by atoms with Crippen LogP contribution >= 0.6 is 12.4 Å². The van der Waals surface area contributed by atoms with Crippen molar-refractivity contribution >= 4 is 12.4 Å². The summed E-state index contributed by atoms with van der Waals surface area (Å²) in [6, 6.07) is 2.14. The second kappa shape index (κ2) is 20.0. The van der Waals surface area contributed by atoms with Gasteiger partial charge in [0.15, 0.2) is 6.29 Å². The van der Waals surface area contributed by atoms with E-state index < -0.39 is 0 Å². The molecular weight excluding hydrogens is 432 g/mol. The van der Waals surface area contributed by atoms with E-state index in [2.05, 4.69) is 34.6 Å². The Balaban J connectivity index is 0. The minimum Gasteiger partial charge on any atom is -0.501 e. The first-order valence-electron chi connectivity index (χ1n) is 10.7. The number of halogens is 1. The molecule has 0 aromatic carbocycles. The van der Waals surface area contributed by atoms with E-state index in [1.807, 2.05) is 19.4 Å². The molecule has 0 unspecified atom stereocenters. The van der Waals surface area contributed by atoms with Gasteiger partial charge in [-0.1, -0.05) is 6.58 Å². The highest BCUT2D eigenvalue weighted by molar-refractivity contribution is 5.85. The Morgan fingerprint density at radius 3 is 1.97 bits per heavy atom. The van der Waals surface area contributed by atoms with Gasteiger partial charge in [0.1, 0.15) is 5.82 Å². The Morgan fingerprint density at radius 1 is 1.22 bits per heavy atom. The third-order valence-electron chi connectivity index (χ3n) is 4.75. The molecule has 0 saturated heterocycles. The van der Waals surface area contributed by atoms with Gasteiger partial charge in [-0.05, 0) is 45.6 Å². The first-order valence-corrected chi connectivity index (χ1v) is 10.7. The van der Waals surface area contributed by atoms with Crippen molar-refractivity contribution in [1.82, 2.24) is 14.9 Å². The molecule has 3 aliphatic carbocycles. The summed E-state index contributed by atoms with van der Waals surface area (Å²) in [5.41, 5.74) is 0. The lowest BCUT2D eigenvalue weighted by molar-refractivity contribution is -0.0978. The highest BCUT2D eigenvalue weighted by Crippen LogP contribution is 2.38. The normalized spacial score (nSPS) is 15.5. The van der Waals surface area contributed by atoms with Crippen molar-refractivity contribution in [1.29, 1.82) is 5.26 Å². The van der Waals surface area contributed by atoms with Crippen LogP contribution in [-0.2, 0) is 21.3 Å². The average Bonchev–Trinajstić information content (AvgIpc) is 3.68.